The number of hydrogen-bond acceptors (Lipinski definition) is 3. The number of rotatable bonds is 4. The Morgan fingerprint density at radius 3 is 2.42 bits per heavy atom. The molecule has 2 rings (SSSR count). The minimum atomic E-state index is -3.71. The third kappa shape index (κ3) is 3.06. The molecule has 0 radical (unpaired) electrons. The van der Waals surface area contributed by atoms with Crippen LogP contribution in [0.4, 0.5) is 0 Å². The predicted molar refractivity (Wildman–Crippen MR) is 75.0 cm³/mol. The van der Waals surface area contributed by atoms with Crippen molar-refractivity contribution >= 4 is 33.2 Å². The fraction of sp³-hybridized carbons (Fsp3) is 0.500. The minimum absolute atomic E-state index is 0.0456. The van der Waals surface area contributed by atoms with E-state index in [1.807, 2.05) is 6.92 Å². The molecule has 1 aliphatic carbocycles. The van der Waals surface area contributed by atoms with Crippen molar-refractivity contribution in [3.63, 3.8) is 0 Å². The van der Waals surface area contributed by atoms with Crippen LogP contribution in [0.5, 0.6) is 0 Å². The third-order valence-electron chi connectivity index (χ3n) is 3.40. The Bertz CT molecular complexity index is 597. The van der Waals surface area contributed by atoms with Crippen LogP contribution in [0.1, 0.15) is 31.7 Å². The van der Waals surface area contributed by atoms with Crippen molar-refractivity contribution in [2.75, 3.05) is 0 Å². The maximum Gasteiger partial charge on any atom is 0.242 e. The molecule has 19 heavy (non-hydrogen) atoms. The van der Waals surface area contributed by atoms with E-state index in [0.717, 1.165) is 19.3 Å². The zero-order valence-electron chi connectivity index (χ0n) is 10.4. The smallest absolute Gasteiger partial charge is 0.242 e. The van der Waals surface area contributed by atoms with Crippen LogP contribution < -0.4 is 4.72 Å². The second-order valence-electron chi connectivity index (χ2n) is 5.05. The standard InChI is InChI=1S/C12H15Cl2NO3S/c1-12(3-2-4-12)15-19(17,18)11-5-8(7-16)9(13)6-10(11)14/h5-6,15-16H,2-4,7H2,1H3. The van der Waals surface area contributed by atoms with Gasteiger partial charge >= 0.3 is 0 Å². The highest BCUT2D eigenvalue weighted by Gasteiger charge is 2.37. The number of sulfonamides is 1. The highest BCUT2D eigenvalue weighted by atomic mass is 35.5. The number of aliphatic hydroxyl groups excluding tert-OH is 1. The molecule has 0 saturated heterocycles. The van der Waals surface area contributed by atoms with Crippen LogP contribution >= 0.6 is 23.2 Å². The van der Waals surface area contributed by atoms with Gasteiger partial charge in [-0.2, -0.15) is 0 Å². The van der Waals surface area contributed by atoms with Crippen LogP contribution in [0, 0.1) is 0 Å². The van der Waals surface area contributed by atoms with Crippen molar-refractivity contribution in [3.8, 4) is 0 Å². The summed E-state index contributed by atoms with van der Waals surface area (Å²) < 4.78 is 27.3. The zero-order chi connectivity index (χ0) is 14.3. The first-order valence-corrected chi connectivity index (χ1v) is 8.14. The molecule has 106 valence electrons. The summed E-state index contributed by atoms with van der Waals surface area (Å²) in [7, 11) is -3.71. The quantitative estimate of drug-likeness (QED) is 0.895. The molecule has 0 heterocycles. The zero-order valence-corrected chi connectivity index (χ0v) is 12.7. The number of aliphatic hydroxyl groups is 1. The van der Waals surface area contributed by atoms with Gasteiger partial charge in [0.05, 0.1) is 11.6 Å². The molecule has 0 spiro atoms. The summed E-state index contributed by atoms with van der Waals surface area (Å²) in [5.74, 6) is 0. The first-order chi connectivity index (χ1) is 8.77. The van der Waals surface area contributed by atoms with Gasteiger partial charge in [-0.25, -0.2) is 13.1 Å². The average molecular weight is 324 g/mol. The first kappa shape index (κ1) is 15.1. The van der Waals surface area contributed by atoms with Gasteiger partial charge in [-0.3, -0.25) is 0 Å². The van der Waals surface area contributed by atoms with Gasteiger partial charge in [0.1, 0.15) is 4.90 Å². The van der Waals surface area contributed by atoms with Gasteiger partial charge in [0.25, 0.3) is 0 Å². The van der Waals surface area contributed by atoms with Crippen LogP contribution in [0.2, 0.25) is 10.0 Å². The predicted octanol–water partition coefficient (Wildman–Crippen LogP) is 2.71. The maximum absolute atomic E-state index is 12.3. The number of hydrogen-bond donors (Lipinski definition) is 2. The molecule has 1 saturated carbocycles. The Morgan fingerprint density at radius 2 is 1.95 bits per heavy atom. The van der Waals surface area contributed by atoms with Crippen molar-refractivity contribution in [2.45, 2.75) is 43.2 Å². The molecule has 2 N–H and O–H groups in total. The minimum Gasteiger partial charge on any atom is -0.392 e. The number of nitrogens with one attached hydrogen (secondary N) is 1. The van der Waals surface area contributed by atoms with Crippen molar-refractivity contribution in [3.05, 3.63) is 27.7 Å². The fourth-order valence-corrected chi connectivity index (χ4v) is 4.41. The molecule has 1 aliphatic rings. The summed E-state index contributed by atoms with van der Waals surface area (Å²) in [6.45, 7) is 1.53. The lowest BCUT2D eigenvalue weighted by molar-refractivity contribution is 0.248. The first-order valence-electron chi connectivity index (χ1n) is 5.90. The topological polar surface area (TPSA) is 66.4 Å². The summed E-state index contributed by atoms with van der Waals surface area (Å²) in [6.07, 6.45) is 2.63. The Hall–Kier alpha value is -0.330. The molecule has 0 unspecified atom stereocenters. The Morgan fingerprint density at radius 1 is 1.32 bits per heavy atom. The highest BCUT2D eigenvalue weighted by Crippen LogP contribution is 2.34. The molecule has 1 aromatic carbocycles. The van der Waals surface area contributed by atoms with Crippen LogP contribution in [0.25, 0.3) is 0 Å². The van der Waals surface area contributed by atoms with Crippen molar-refractivity contribution in [1.82, 2.24) is 4.72 Å². The van der Waals surface area contributed by atoms with Gasteiger partial charge in [0.2, 0.25) is 10.0 Å². The van der Waals surface area contributed by atoms with Gasteiger partial charge < -0.3 is 5.11 Å². The van der Waals surface area contributed by atoms with Crippen LogP contribution in [0.15, 0.2) is 17.0 Å². The van der Waals surface area contributed by atoms with Crippen LogP contribution in [0.3, 0.4) is 0 Å². The average Bonchev–Trinajstić information content (AvgIpc) is 2.26. The second-order valence-corrected chi connectivity index (χ2v) is 7.52. The van der Waals surface area contributed by atoms with E-state index >= 15 is 0 Å². The molecule has 0 aliphatic heterocycles. The van der Waals surface area contributed by atoms with Gasteiger partial charge in [-0.05, 0) is 43.9 Å². The maximum atomic E-state index is 12.3. The summed E-state index contributed by atoms with van der Waals surface area (Å²) in [6, 6.07) is 2.65. The van der Waals surface area contributed by atoms with Gasteiger partial charge in [-0.1, -0.05) is 23.2 Å². The highest BCUT2D eigenvalue weighted by molar-refractivity contribution is 7.89. The van der Waals surface area contributed by atoms with E-state index in [4.69, 9.17) is 28.3 Å². The molecule has 4 nitrogen and oxygen atoms in total. The second kappa shape index (κ2) is 5.22. The summed E-state index contributed by atoms with van der Waals surface area (Å²) in [5, 5.41) is 9.45. The third-order valence-corrected chi connectivity index (χ3v) is 5.85. The monoisotopic (exact) mass is 323 g/mol. The van der Waals surface area contributed by atoms with Gasteiger partial charge in [-0.15, -0.1) is 0 Å². The molecule has 1 aromatic rings. The number of halogens is 2. The van der Waals surface area contributed by atoms with E-state index in [0.29, 0.717) is 5.56 Å². The van der Waals surface area contributed by atoms with Gasteiger partial charge in [0, 0.05) is 10.6 Å². The van der Waals surface area contributed by atoms with E-state index in [9.17, 15) is 8.42 Å². The molecule has 0 bridgehead atoms. The summed E-state index contributed by atoms with van der Waals surface area (Å²) >= 11 is 11.8. The Labute approximate surface area is 122 Å². The van der Waals surface area contributed by atoms with E-state index in [1.54, 1.807) is 0 Å². The largest absolute Gasteiger partial charge is 0.392 e. The summed E-state index contributed by atoms with van der Waals surface area (Å²) in [5.41, 5.74) is -0.0635. The lowest BCUT2D eigenvalue weighted by atomic mass is 9.80. The van der Waals surface area contributed by atoms with Crippen molar-refractivity contribution < 1.29 is 13.5 Å². The summed E-state index contributed by atoms with van der Waals surface area (Å²) in [4.78, 5) is -0.0456. The van der Waals surface area contributed by atoms with E-state index in [2.05, 4.69) is 4.72 Å². The van der Waals surface area contributed by atoms with Crippen molar-refractivity contribution in [2.24, 2.45) is 0 Å². The van der Waals surface area contributed by atoms with E-state index < -0.39 is 15.6 Å². The van der Waals surface area contributed by atoms with Crippen LogP contribution in [-0.2, 0) is 16.6 Å². The SMILES string of the molecule is CC1(NS(=O)(=O)c2cc(CO)c(Cl)cc2Cl)CCC1. The molecular formula is C12H15Cl2NO3S. The normalized spacial score (nSPS) is 18.1. The van der Waals surface area contributed by atoms with Gasteiger partial charge in [0.15, 0.2) is 0 Å². The van der Waals surface area contributed by atoms with E-state index in [-0.39, 0.29) is 21.5 Å². The fourth-order valence-electron chi connectivity index (χ4n) is 2.09. The molecular weight excluding hydrogens is 309 g/mol. The lowest BCUT2D eigenvalue weighted by Crippen LogP contribution is -2.50. The molecule has 7 heteroatoms. The van der Waals surface area contributed by atoms with Crippen molar-refractivity contribution in [1.29, 1.82) is 0 Å². The molecule has 0 aromatic heterocycles. The molecule has 0 atom stereocenters. The van der Waals surface area contributed by atoms with Crippen LogP contribution in [-0.4, -0.2) is 19.1 Å². The number of benzene rings is 1. The molecule has 0 amide bonds. The Balaban J connectivity index is 2.39. The Kier molecular flexibility index (Phi) is 4.14. The lowest BCUT2D eigenvalue weighted by Gasteiger charge is -2.38. The van der Waals surface area contributed by atoms with E-state index in [1.165, 1.54) is 12.1 Å². The molecule has 1 fully saturated rings.